The molecular weight excluding hydrogens is 319 g/mol. The highest BCUT2D eigenvalue weighted by Gasteiger charge is 2.20. The summed E-state index contributed by atoms with van der Waals surface area (Å²) in [6.45, 7) is 1.70. The van der Waals surface area contributed by atoms with Crippen LogP contribution in [0, 0.1) is 12.7 Å². The zero-order valence-corrected chi connectivity index (χ0v) is 12.6. The molecule has 4 aromatic rings. The van der Waals surface area contributed by atoms with Gasteiger partial charge < -0.3 is 9.51 Å². The van der Waals surface area contributed by atoms with Gasteiger partial charge in [0.15, 0.2) is 10.8 Å². The van der Waals surface area contributed by atoms with Crippen molar-refractivity contribution >= 4 is 28.0 Å². The van der Waals surface area contributed by atoms with Gasteiger partial charge in [0.1, 0.15) is 11.5 Å². The molecule has 0 fully saturated rings. The van der Waals surface area contributed by atoms with E-state index in [1.54, 1.807) is 24.6 Å². The quantitative estimate of drug-likeness (QED) is 0.583. The fourth-order valence-corrected chi connectivity index (χ4v) is 3.02. The number of carbonyl (C=O) groups is 1. The second kappa shape index (κ2) is 5.10. The third-order valence-corrected chi connectivity index (χ3v) is 4.17. The van der Waals surface area contributed by atoms with Gasteiger partial charge in [0.25, 0.3) is 5.89 Å². The highest BCUT2D eigenvalue weighted by atomic mass is 32.1. The lowest BCUT2D eigenvalue weighted by atomic mass is 10.1. The maximum Gasteiger partial charge on any atom is 0.277 e. The molecule has 0 aliphatic rings. The number of rotatable bonds is 3. The van der Waals surface area contributed by atoms with Crippen LogP contribution in [0.4, 0.5) is 4.39 Å². The van der Waals surface area contributed by atoms with Gasteiger partial charge >= 0.3 is 0 Å². The molecule has 0 saturated heterocycles. The number of H-pyrrole nitrogens is 1. The van der Waals surface area contributed by atoms with E-state index in [2.05, 4.69) is 20.1 Å². The van der Waals surface area contributed by atoms with Crippen LogP contribution in [0.3, 0.4) is 0 Å². The minimum atomic E-state index is -0.396. The summed E-state index contributed by atoms with van der Waals surface area (Å²) in [5, 5.41) is 6.18. The molecular formula is C15H9FN4O2S. The summed E-state index contributed by atoms with van der Waals surface area (Å²) in [4.78, 5) is 23.9. The van der Waals surface area contributed by atoms with Gasteiger partial charge in [0.2, 0.25) is 5.78 Å². The Bertz CT molecular complexity index is 1030. The molecule has 1 aromatic carbocycles. The van der Waals surface area contributed by atoms with Crippen molar-refractivity contribution in [2.75, 3.05) is 0 Å². The van der Waals surface area contributed by atoms with Crippen LogP contribution in [0.5, 0.6) is 0 Å². The number of ketones is 1. The van der Waals surface area contributed by atoms with E-state index in [1.807, 2.05) is 0 Å². The molecule has 0 aliphatic carbocycles. The van der Waals surface area contributed by atoms with Crippen molar-refractivity contribution < 1.29 is 13.7 Å². The van der Waals surface area contributed by atoms with Gasteiger partial charge in [-0.25, -0.2) is 9.37 Å². The lowest BCUT2D eigenvalue weighted by Crippen LogP contribution is -1.99. The number of hydrogen-bond donors (Lipinski definition) is 1. The van der Waals surface area contributed by atoms with E-state index >= 15 is 0 Å². The molecule has 8 heteroatoms. The molecule has 23 heavy (non-hydrogen) atoms. The monoisotopic (exact) mass is 328 g/mol. The minimum absolute atomic E-state index is 0.266. The van der Waals surface area contributed by atoms with Crippen LogP contribution in [0.25, 0.3) is 22.5 Å². The van der Waals surface area contributed by atoms with Gasteiger partial charge in [-0.1, -0.05) is 5.16 Å². The molecule has 0 radical (unpaired) electrons. The zero-order chi connectivity index (χ0) is 16.0. The second-order valence-corrected chi connectivity index (χ2v) is 5.76. The van der Waals surface area contributed by atoms with Crippen molar-refractivity contribution in [1.82, 2.24) is 20.1 Å². The Labute approximate surface area is 133 Å². The van der Waals surface area contributed by atoms with E-state index in [0.717, 1.165) is 0 Å². The molecule has 0 unspecified atom stereocenters. The molecule has 114 valence electrons. The van der Waals surface area contributed by atoms with Crippen molar-refractivity contribution in [2.24, 2.45) is 0 Å². The topological polar surface area (TPSA) is 84.7 Å². The molecule has 4 rings (SSSR count). The molecule has 0 bridgehead atoms. The van der Waals surface area contributed by atoms with E-state index in [4.69, 9.17) is 4.52 Å². The van der Waals surface area contributed by atoms with Crippen LogP contribution >= 0.6 is 11.3 Å². The smallest absolute Gasteiger partial charge is 0.277 e. The third kappa shape index (κ3) is 2.33. The van der Waals surface area contributed by atoms with Gasteiger partial charge in [-0.05, 0) is 25.1 Å². The minimum Gasteiger partial charge on any atom is -0.360 e. The average molecular weight is 328 g/mol. The highest BCUT2D eigenvalue weighted by Crippen LogP contribution is 2.26. The number of aryl methyl sites for hydroxylation is 1. The van der Waals surface area contributed by atoms with E-state index in [9.17, 15) is 9.18 Å². The summed E-state index contributed by atoms with van der Waals surface area (Å²) in [7, 11) is 0. The summed E-state index contributed by atoms with van der Waals surface area (Å²) in [6, 6.07) is 4.26. The molecule has 0 saturated carbocycles. The maximum absolute atomic E-state index is 13.4. The largest absolute Gasteiger partial charge is 0.360 e. The van der Waals surface area contributed by atoms with Crippen molar-refractivity contribution in [3.63, 3.8) is 0 Å². The van der Waals surface area contributed by atoms with E-state index in [1.165, 1.54) is 23.5 Å². The van der Waals surface area contributed by atoms with E-state index in [-0.39, 0.29) is 16.7 Å². The van der Waals surface area contributed by atoms with Crippen LogP contribution < -0.4 is 0 Å². The number of benzene rings is 1. The summed E-state index contributed by atoms with van der Waals surface area (Å²) in [5.41, 5.74) is 1.52. The molecule has 3 aromatic heterocycles. The molecule has 0 spiro atoms. The second-order valence-electron chi connectivity index (χ2n) is 4.91. The summed E-state index contributed by atoms with van der Waals surface area (Å²) in [6.07, 6.45) is 1.56. The number of nitrogens with one attached hydrogen (secondary N) is 1. The number of carbonyl (C=O) groups excluding carboxylic acids is 1. The Balaban J connectivity index is 1.74. The fourth-order valence-electron chi connectivity index (χ4n) is 2.27. The number of nitrogens with zero attached hydrogens (tertiary/aromatic N) is 3. The Kier molecular flexibility index (Phi) is 3.05. The predicted octanol–water partition coefficient (Wildman–Crippen LogP) is 3.35. The van der Waals surface area contributed by atoms with Gasteiger partial charge in [-0.2, -0.15) is 4.98 Å². The molecule has 1 N–H and O–H groups in total. The first-order valence-corrected chi connectivity index (χ1v) is 7.57. The molecule has 3 heterocycles. The van der Waals surface area contributed by atoms with Crippen LogP contribution in [-0.2, 0) is 0 Å². The SMILES string of the molecule is Cc1noc(-c2csc(C(=O)c3c[nH]c4ccc(F)cc34)n2)n1. The normalized spacial score (nSPS) is 11.2. The Hall–Kier alpha value is -2.87. The predicted molar refractivity (Wildman–Crippen MR) is 81.8 cm³/mol. The fraction of sp³-hybridized carbons (Fsp3) is 0.0667. The first kappa shape index (κ1) is 13.8. The maximum atomic E-state index is 13.4. The van der Waals surface area contributed by atoms with Crippen molar-refractivity contribution in [2.45, 2.75) is 6.92 Å². The number of halogens is 1. The number of aromatic nitrogens is 4. The molecule has 0 aliphatic heterocycles. The van der Waals surface area contributed by atoms with Gasteiger partial charge in [0.05, 0.1) is 5.56 Å². The van der Waals surface area contributed by atoms with Crippen LogP contribution in [0.1, 0.15) is 21.2 Å². The first-order valence-electron chi connectivity index (χ1n) is 6.69. The Morgan fingerprint density at radius 1 is 1.35 bits per heavy atom. The van der Waals surface area contributed by atoms with Crippen LogP contribution in [0.15, 0.2) is 34.3 Å². The molecule has 6 nitrogen and oxygen atoms in total. The highest BCUT2D eigenvalue weighted by molar-refractivity contribution is 7.12. The van der Waals surface area contributed by atoms with Gasteiger partial charge in [0, 0.05) is 22.5 Å². The number of hydrogen-bond acceptors (Lipinski definition) is 6. The van der Waals surface area contributed by atoms with Gasteiger partial charge in [-0.15, -0.1) is 11.3 Å². The average Bonchev–Trinajstić information content (AvgIpc) is 3.24. The summed E-state index contributed by atoms with van der Waals surface area (Å²) in [5.74, 6) is 0.0809. The number of aromatic amines is 1. The summed E-state index contributed by atoms with van der Waals surface area (Å²) >= 11 is 1.18. The molecule has 0 atom stereocenters. The van der Waals surface area contributed by atoms with Crippen molar-refractivity contribution in [1.29, 1.82) is 0 Å². The lowest BCUT2D eigenvalue weighted by molar-refractivity contribution is 0.104. The van der Waals surface area contributed by atoms with E-state index in [0.29, 0.717) is 28.0 Å². The van der Waals surface area contributed by atoms with E-state index < -0.39 is 5.82 Å². The molecule has 0 amide bonds. The number of fused-ring (bicyclic) bond motifs is 1. The summed E-state index contributed by atoms with van der Waals surface area (Å²) < 4.78 is 18.5. The van der Waals surface area contributed by atoms with Crippen LogP contribution in [0.2, 0.25) is 0 Å². The zero-order valence-electron chi connectivity index (χ0n) is 11.8. The first-order chi connectivity index (χ1) is 11.1. The van der Waals surface area contributed by atoms with Gasteiger partial charge in [-0.3, -0.25) is 4.79 Å². The number of thiazole rings is 1. The Morgan fingerprint density at radius 3 is 3.00 bits per heavy atom. The Morgan fingerprint density at radius 2 is 2.22 bits per heavy atom. The third-order valence-electron chi connectivity index (χ3n) is 3.33. The van der Waals surface area contributed by atoms with Crippen molar-refractivity contribution in [3.05, 3.63) is 52.0 Å². The lowest BCUT2D eigenvalue weighted by Gasteiger charge is -1.95. The van der Waals surface area contributed by atoms with Crippen LogP contribution in [-0.4, -0.2) is 25.9 Å². The standard InChI is InChI=1S/C15H9FN4O2S/c1-7-18-14(22-20-7)12-6-23-15(19-12)13(21)10-5-17-11-3-2-8(16)4-9(10)11/h2-6,17H,1H3. The van der Waals surface area contributed by atoms with Crippen molar-refractivity contribution in [3.8, 4) is 11.6 Å².